The van der Waals surface area contributed by atoms with Crippen molar-refractivity contribution < 1.29 is 4.79 Å². The van der Waals surface area contributed by atoms with Crippen LogP contribution in [0, 0.1) is 0 Å². The average molecular weight is 264 g/mol. The Morgan fingerprint density at radius 1 is 1.05 bits per heavy atom. The van der Waals surface area contributed by atoms with Crippen molar-refractivity contribution in [2.75, 3.05) is 5.01 Å². The first kappa shape index (κ1) is 12.6. The molecule has 0 unspecified atom stereocenters. The number of rotatable bonds is 3. The van der Waals surface area contributed by atoms with Gasteiger partial charge in [0.05, 0.1) is 11.4 Å². The molecule has 2 aromatic rings. The normalized spacial score (nSPS) is 17.9. The zero-order valence-corrected chi connectivity index (χ0v) is 11.4. The molecule has 0 aliphatic carbocycles. The van der Waals surface area contributed by atoms with Gasteiger partial charge in [0.25, 0.3) is 0 Å². The standard InChI is InChI=1S/C17H16N2O/c1-13(20)17-12-16(14-8-4-2-5-9-14)18-19(17)15-10-6-3-7-11-15/h2-11,17H,12H2,1H3/t17-/m1/s1. The molecule has 0 bridgehead atoms. The monoisotopic (exact) mass is 264 g/mol. The summed E-state index contributed by atoms with van der Waals surface area (Å²) in [7, 11) is 0. The van der Waals surface area contributed by atoms with Gasteiger partial charge in [-0.3, -0.25) is 9.80 Å². The highest BCUT2D eigenvalue weighted by atomic mass is 16.1. The molecule has 2 aromatic carbocycles. The minimum Gasteiger partial charge on any atom is -0.298 e. The predicted molar refractivity (Wildman–Crippen MR) is 81.0 cm³/mol. The molecular weight excluding hydrogens is 248 g/mol. The summed E-state index contributed by atoms with van der Waals surface area (Å²) in [5, 5.41) is 6.50. The third-order valence-electron chi connectivity index (χ3n) is 3.51. The molecule has 3 nitrogen and oxygen atoms in total. The van der Waals surface area contributed by atoms with E-state index in [1.807, 2.05) is 65.7 Å². The van der Waals surface area contributed by atoms with Crippen molar-refractivity contribution >= 4 is 17.2 Å². The number of para-hydroxylation sites is 1. The molecule has 1 aliphatic heterocycles. The number of nitrogens with zero attached hydrogens (tertiary/aromatic N) is 2. The summed E-state index contributed by atoms with van der Waals surface area (Å²) >= 11 is 0. The number of hydrogen-bond donors (Lipinski definition) is 0. The highest BCUT2D eigenvalue weighted by Gasteiger charge is 2.31. The van der Waals surface area contributed by atoms with Gasteiger partial charge in [-0.05, 0) is 24.6 Å². The van der Waals surface area contributed by atoms with E-state index in [1.54, 1.807) is 6.92 Å². The Hall–Kier alpha value is -2.42. The molecule has 100 valence electrons. The largest absolute Gasteiger partial charge is 0.298 e. The first-order chi connectivity index (χ1) is 9.75. The maximum atomic E-state index is 11.9. The van der Waals surface area contributed by atoms with Gasteiger partial charge < -0.3 is 0 Å². The van der Waals surface area contributed by atoms with Crippen molar-refractivity contribution in [3.63, 3.8) is 0 Å². The van der Waals surface area contributed by atoms with E-state index in [0.29, 0.717) is 6.42 Å². The van der Waals surface area contributed by atoms with E-state index in [1.165, 1.54) is 0 Å². The fourth-order valence-electron chi connectivity index (χ4n) is 2.45. The molecule has 20 heavy (non-hydrogen) atoms. The third-order valence-corrected chi connectivity index (χ3v) is 3.51. The van der Waals surface area contributed by atoms with Crippen LogP contribution >= 0.6 is 0 Å². The zero-order valence-electron chi connectivity index (χ0n) is 11.4. The molecule has 0 N–H and O–H groups in total. The number of ketones is 1. The molecule has 0 radical (unpaired) electrons. The Kier molecular flexibility index (Phi) is 3.33. The highest BCUT2D eigenvalue weighted by molar-refractivity contribution is 6.07. The fourth-order valence-corrected chi connectivity index (χ4v) is 2.45. The molecule has 0 fully saturated rings. The topological polar surface area (TPSA) is 32.7 Å². The van der Waals surface area contributed by atoms with Crippen LogP contribution in [0.2, 0.25) is 0 Å². The molecule has 0 amide bonds. The van der Waals surface area contributed by atoms with E-state index in [-0.39, 0.29) is 11.8 Å². The number of hydrogen-bond acceptors (Lipinski definition) is 3. The molecule has 0 spiro atoms. The summed E-state index contributed by atoms with van der Waals surface area (Å²) < 4.78 is 0. The number of anilines is 1. The van der Waals surface area contributed by atoms with Crippen molar-refractivity contribution in [3.8, 4) is 0 Å². The van der Waals surface area contributed by atoms with Gasteiger partial charge in [-0.15, -0.1) is 0 Å². The molecule has 1 atom stereocenters. The lowest BCUT2D eigenvalue weighted by Gasteiger charge is -2.20. The molecule has 1 heterocycles. The van der Waals surface area contributed by atoms with E-state index in [4.69, 9.17) is 0 Å². The van der Waals surface area contributed by atoms with Crippen LogP contribution < -0.4 is 5.01 Å². The van der Waals surface area contributed by atoms with Crippen molar-refractivity contribution in [1.82, 2.24) is 0 Å². The van der Waals surface area contributed by atoms with Crippen molar-refractivity contribution in [1.29, 1.82) is 0 Å². The van der Waals surface area contributed by atoms with Crippen LogP contribution in [0.15, 0.2) is 65.8 Å². The van der Waals surface area contributed by atoms with Crippen LogP contribution in [-0.2, 0) is 4.79 Å². The number of carbonyl (C=O) groups is 1. The van der Waals surface area contributed by atoms with Gasteiger partial charge >= 0.3 is 0 Å². The van der Waals surface area contributed by atoms with Gasteiger partial charge in [0.1, 0.15) is 6.04 Å². The highest BCUT2D eigenvalue weighted by Crippen LogP contribution is 2.26. The van der Waals surface area contributed by atoms with Crippen molar-refractivity contribution in [2.24, 2.45) is 5.10 Å². The second-order valence-corrected chi connectivity index (χ2v) is 4.92. The first-order valence-corrected chi connectivity index (χ1v) is 6.73. The number of Topliss-reactive ketones (excluding diaryl/α,β-unsaturated/α-hetero) is 1. The lowest BCUT2D eigenvalue weighted by Crippen LogP contribution is -2.32. The Bertz CT molecular complexity index is 635. The van der Waals surface area contributed by atoms with E-state index in [0.717, 1.165) is 17.0 Å². The first-order valence-electron chi connectivity index (χ1n) is 6.73. The Labute approximate surface area is 118 Å². The lowest BCUT2D eigenvalue weighted by molar-refractivity contribution is -0.118. The van der Waals surface area contributed by atoms with E-state index in [2.05, 4.69) is 5.10 Å². The minimum atomic E-state index is -0.201. The van der Waals surface area contributed by atoms with E-state index >= 15 is 0 Å². The van der Waals surface area contributed by atoms with Gasteiger partial charge in [-0.25, -0.2) is 0 Å². The Morgan fingerprint density at radius 3 is 2.25 bits per heavy atom. The quantitative estimate of drug-likeness (QED) is 0.852. The third kappa shape index (κ3) is 2.35. The van der Waals surface area contributed by atoms with Gasteiger partial charge in [0, 0.05) is 6.42 Å². The summed E-state index contributed by atoms with van der Waals surface area (Å²) in [6, 6.07) is 19.7. The Morgan fingerprint density at radius 2 is 1.65 bits per heavy atom. The molecule has 1 aliphatic rings. The molecule has 3 rings (SSSR count). The second-order valence-electron chi connectivity index (χ2n) is 4.92. The number of benzene rings is 2. The van der Waals surface area contributed by atoms with Gasteiger partial charge in [0.2, 0.25) is 0 Å². The summed E-state index contributed by atoms with van der Waals surface area (Å²) in [5.41, 5.74) is 3.01. The predicted octanol–water partition coefficient (Wildman–Crippen LogP) is 3.26. The molecule has 0 saturated heterocycles. The van der Waals surface area contributed by atoms with Crippen LogP contribution in [0.25, 0.3) is 0 Å². The maximum absolute atomic E-state index is 11.9. The zero-order chi connectivity index (χ0) is 13.9. The summed E-state index contributed by atoms with van der Waals surface area (Å²) in [4.78, 5) is 11.9. The molecule has 0 aromatic heterocycles. The fraction of sp³-hybridized carbons (Fsp3) is 0.176. The number of carbonyl (C=O) groups excluding carboxylic acids is 1. The van der Waals surface area contributed by atoms with Crippen LogP contribution in [0.3, 0.4) is 0 Å². The summed E-state index contributed by atoms with van der Waals surface area (Å²) in [6.07, 6.45) is 0.661. The maximum Gasteiger partial charge on any atom is 0.154 e. The number of hydrazone groups is 1. The van der Waals surface area contributed by atoms with Gasteiger partial charge in [-0.2, -0.15) is 5.10 Å². The van der Waals surface area contributed by atoms with E-state index < -0.39 is 0 Å². The molecule has 0 saturated carbocycles. The lowest BCUT2D eigenvalue weighted by atomic mass is 10.0. The van der Waals surface area contributed by atoms with Crippen LogP contribution in [0.5, 0.6) is 0 Å². The van der Waals surface area contributed by atoms with Crippen molar-refractivity contribution in [2.45, 2.75) is 19.4 Å². The van der Waals surface area contributed by atoms with Gasteiger partial charge in [0.15, 0.2) is 5.78 Å². The summed E-state index contributed by atoms with van der Waals surface area (Å²) in [5.74, 6) is 0.142. The van der Waals surface area contributed by atoms with Gasteiger partial charge in [-0.1, -0.05) is 48.5 Å². The second kappa shape index (κ2) is 5.29. The summed E-state index contributed by atoms with van der Waals surface area (Å²) in [6.45, 7) is 1.63. The SMILES string of the molecule is CC(=O)[C@H]1CC(c2ccccc2)=NN1c1ccccc1. The minimum absolute atomic E-state index is 0.142. The van der Waals surface area contributed by atoms with E-state index in [9.17, 15) is 4.79 Å². The van der Waals surface area contributed by atoms with Crippen molar-refractivity contribution in [3.05, 3.63) is 66.2 Å². The van der Waals surface area contributed by atoms with Crippen LogP contribution in [0.1, 0.15) is 18.9 Å². The average Bonchev–Trinajstić information content (AvgIpc) is 2.94. The molecular formula is C17H16N2O. The smallest absolute Gasteiger partial charge is 0.154 e. The van der Waals surface area contributed by atoms with Crippen LogP contribution in [0.4, 0.5) is 5.69 Å². The van der Waals surface area contributed by atoms with Crippen LogP contribution in [-0.4, -0.2) is 17.5 Å². The molecule has 3 heteroatoms. The Balaban J connectivity index is 1.98.